The molecule has 0 atom stereocenters. The van der Waals surface area contributed by atoms with E-state index in [4.69, 9.17) is 9.47 Å². The first-order chi connectivity index (χ1) is 12.2. The van der Waals surface area contributed by atoms with E-state index in [1.807, 2.05) is 36.4 Å². The fourth-order valence-electron chi connectivity index (χ4n) is 2.36. The van der Waals surface area contributed by atoms with Gasteiger partial charge in [-0.1, -0.05) is 24.3 Å². The minimum absolute atomic E-state index is 0.236. The molecule has 1 aromatic heterocycles. The molecule has 25 heavy (non-hydrogen) atoms. The van der Waals surface area contributed by atoms with Crippen LogP contribution in [0, 0.1) is 5.92 Å². The number of carbonyl (C=O) groups excluding carboxylic acids is 1. The van der Waals surface area contributed by atoms with E-state index in [9.17, 15) is 4.79 Å². The highest BCUT2D eigenvalue weighted by Crippen LogP contribution is 2.29. The van der Waals surface area contributed by atoms with Gasteiger partial charge in [-0.3, -0.25) is 0 Å². The lowest BCUT2D eigenvalue weighted by Crippen LogP contribution is -2.34. The lowest BCUT2D eigenvalue weighted by molar-refractivity contribution is 0.240. The minimum atomic E-state index is -0.236. The second-order valence-corrected chi connectivity index (χ2v) is 6.11. The molecule has 1 aliphatic carbocycles. The van der Waals surface area contributed by atoms with Gasteiger partial charge < -0.3 is 20.1 Å². The zero-order chi connectivity index (χ0) is 17.5. The molecule has 6 nitrogen and oxygen atoms in total. The van der Waals surface area contributed by atoms with Gasteiger partial charge in [0.1, 0.15) is 5.75 Å². The highest BCUT2D eigenvalue weighted by atomic mass is 16.5. The molecule has 1 heterocycles. The van der Waals surface area contributed by atoms with Crippen molar-refractivity contribution in [2.24, 2.45) is 5.92 Å². The number of methoxy groups -OCH3 is 1. The van der Waals surface area contributed by atoms with Crippen LogP contribution in [0.4, 0.5) is 4.79 Å². The number of nitrogens with zero attached hydrogens (tertiary/aromatic N) is 1. The Morgan fingerprint density at radius 3 is 2.68 bits per heavy atom. The summed E-state index contributed by atoms with van der Waals surface area (Å²) in [6.45, 7) is 1.56. The highest BCUT2D eigenvalue weighted by molar-refractivity contribution is 5.73. The Labute approximate surface area is 147 Å². The monoisotopic (exact) mass is 341 g/mol. The highest BCUT2D eigenvalue weighted by Gasteiger charge is 2.22. The maximum atomic E-state index is 11.9. The first kappa shape index (κ1) is 17.1. The van der Waals surface area contributed by atoms with Crippen molar-refractivity contribution in [1.29, 1.82) is 0 Å². The Hall–Kier alpha value is -2.76. The van der Waals surface area contributed by atoms with E-state index < -0.39 is 0 Å². The molecule has 1 aromatic carbocycles. The number of carbonyl (C=O) groups is 1. The Morgan fingerprint density at radius 2 is 1.96 bits per heavy atom. The molecule has 0 unspecified atom stereocenters. The van der Waals surface area contributed by atoms with Crippen LogP contribution in [0.15, 0.2) is 42.6 Å². The number of hydrogen-bond donors (Lipinski definition) is 2. The van der Waals surface area contributed by atoms with Crippen molar-refractivity contribution >= 4 is 6.03 Å². The summed E-state index contributed by atoms with van der Waals surface area (Å²) < 4.78 is 10.9. The van der Waals surface area contributed by atoms with Crippen LogP contribution in [0.2, 0.25) is 0 Å². The third-order valence-corrected chi connectivity index (χ3v) is 4.05. The summed E-state index contributed by atoms with van der Waals surface area (Å²) in [6.07, 6.45) is 4.24. The molecule has 1 saturated carbocycles. The van der Waals surface area contributed by atoms with Gasteiger partial charge in [0.05, 0.1) is 13.7 Å². The summed E-state index contributed by atoms with van der Waals surface area (Å²) in [5.74, 6) is 2.10. The number of aromatic nitrogens is 1. The largest absolute Gasteiger partial charge is 0.496 e. The fraction of sp³-hybridized carbons (Fsp3) is 0.368. The lowest BCUT2D eigenvalue weighted by Gasteiger charge is -2.11. The quantitative estimate of drug-likeness (QED) is 0.774. The number of ether oxygens (including phenoxy) is 2. The molecule has 132 valence electrons. The molecule has 0 spiro atoms. The van der Waals surface area contributed by atoms with Crippen molar-refractivity contribution in [2.45, 2.75) is 25.9 Å². The predicted molar refractivity (Wildman–Crippen MR) is 94.5 cm³/mol. The molecule has 1 fully saturated rings. The van der Waals surface area contributed by atoms with E-state index in [-0.39, 0.29) is 6.03 Å². The molecule has 6 heteroatoms. The molecule has 2 N–H and O–H groups in total. The van der Waals surface area contributed by atoms with Gasteiger partial charge in [-0.15, -0.1) is 0 Å². The van der Waals surface area contributed by atoms with Crippen molar-refractivity contribution in [3.05, 3.63) is 53.7 Å². The van der Waals surface area contributed by atoms with Crippen LogP contribution in [0.1, 0.15) is 24.0 Å². The summed E-state index contributed by atoms with van der Waals surface area (Å²) >= 11 is 0. The first-order valence-corrected chi connectivity index (χ1v) is 8.46. The van der Waals surface area contributed by atoms with Crippen LogP contribution in [0.5, 0.6) is 11.6 Å². The summed E-state index contributed by atoms with van der Waals surface area (Å²) in [5, 5.41) is 5.63. The van der Waals surface area contributed by atoms with Crippen LogP contribution in [-0.4, -0.2) is 24.7 Å². The zero-order valence-corrected chi connectivity index (χ0v) is 14.3. The Kier molecular flexibility index (Phi) is 5.72. The second kappa shape index (κ2) is 8.37. The Bertz CT molecular complexity index is 699. The number of hydrogen-bond acceptors (Lipinski definition) is 4. The van der Waals surface area contributed by atoms with Gasteiger partial charge in [0.25, 0.3) is 0 Å². The topological polar surface area (TPSA) is 72.5 Å². The Morgan fingerprint density at radius 1 is 1.16 bits per heavy atom. The molecule has 2 amide bonds. The van der Waals surface area contributed by atoms with Crippen LogP contribution in [0.25, 0.3) is 0 Å². The van der Waals surface area contributed by atoms with Gasteiger partial charge in [0.2, 0.25) is 5.88 Å². The lowest BCUT2D eigenvalue weighted by atomic mass is 10.2. The molecular weight excluding hydrogens is 318 g/mol. The number of urea groups is 1. The van der Waals surface area contributed by atoms with Crippen molar-refractivity contribution in [3.8, 4) is 11.6 Å². The normalized spacial score (nSPS) is 13.2. The SMILES string of the molecule is COc1ccccc1CNC(=O)NCc1ccc(OCC2CC2)nc1. The average molecular weight is 341 g/mol. The molecule has 3 rings (SSSR count). The van der Waals surface area contributed by atoms with Gasteiger partial charge in [0.15, 0.2) is 0 Å². The summed E-state index contributed by atoms with van der Waals surface area (Å²) in [6, 6.07) is 11.1. The second-order valence-electron chi connectivity index (χ2n) is 6.11. The van der Waals surface area contributed by atoms with Crippen LogP contribution in [0.3, 0.4) is 0 Å². The standard InChI is InChI=1S/C19H23N3O3/c1-24-17-5-3-2-4-16(17)12-22-19(23)21-11-15-8-9-18(20-10-15)25-13-14-6-7-14/h2-5,8-10,14H,6-7,11-13H2,1H3,(H2,21,22,23). The van der Waals surface area contributed by atoms with Crippen molar-refractivity contribution < 1.29 is 14.3 Å². The third kappa shape index (κ3) is 5.38. The average Bonchev–Trinajstić information content (AvgIpc) is 3.48. The molecule has 0 bridgehead atoms. The molecule has 0 radical (unpaired) electrons. The van der Waals surface area contributed by atoms with Gasteiger partial charge in [-0.2, -0.15) is 0 Å². The van der Waals surface area contributed by atoms with Crippen molar-refractivity contribution in [1.82, 2.24) is 15.6 Å². The molecular formula is C19H23N3O3. The molecule has 1 aliphatic rings. The number of rotatable bonds is 8. The van der Waals surface area contributed by atoms with Gasteiger partial charge in [-0.25, -0.2) is 9.78 Å². The predicted octanol–water partition coefficient (Wildman–Crippen LogP) is 2.88. The van der Waals surface area contributed by atoms with Crippen LogP contribution >= 0.6 is 0 Å². The maximum Gasteiger partial charge on any atom is 0.315 e. The van der Waals surface area contributed by atoms with Gasteiger partial charge in [-0.05, 0) is 30.4 Å². The first-order valence-electron chi connectivity index (χ1n) is 8.46. The number of pyridine rings is 1. The van der Waals surface area contributed by atoms with Gasteiger partial charge in [0, 0.05) is 30.9 Å². The molecule has 0 saturated heterocycles. The summed E-state index contributed by atoms with van der Waals surface area (Å²) in [5.41, 5.74) is 1.85. The maximum absolute atomic E-state index is 11.9. The molecule has 2 aromatic rings. The molecule has 0 aliphatic heterocycles. The summed E-state index contributed by atoms with van der Waals surface area (Å²) in [4.78, 5) is 16.2. The summed E-state index contributed by atoms with van der Waals surface area (Å²) in [7, 11) is 1.62. The van der Waals surface area contributed by atoms with E-state index in [0.29, 0.717) is 24.9 Å². The van der Waals surface area contributed by atoms with E-state index in [1.54, 1.807) is 13.3 Å². The third-order valence-electron chi connectivity index (χ3n) is 4.05. The van der Waals surface area contributed by atoms with Crippen molar-refractivity contribution in [3.63, 3.8) is 0 Å². The smallest absolute Gasteiger partial charge is 0.315 e. The van der Waals surface area contributed by atoms with E-state index in [2.05, 4.69) is 15.6 Å². The fourth-order valence-corrected chi connectivity index (χ4v) is 2.36. The van der Waals surface area contributed by atoms with E-state index in [1.165, 1.54) is 12.8 Å². The van der Waals surface area contributed by atoms with Gasteiger partial charge >= 0.3 is 6.03 Å². The number of amides is 2. The van der Waals surface area contributed by atoms with E-state index >= 15 is 0 Å². The Balaban J connectivity index is 1.40. The number of benzene rings is 1. The number of para-hydroxylation sites is 1. The van der Waals surface area contributed by atoms with Crippen LogP contribution < -0.4 is 20.1 Å². The zero-order valence-electron chi connectivity index (χ0n) is 14.3. The van der Waals surface area contributed by atoms with Crippen molar-refractivity contribution in [2.75, 3.05) is 13.7 Å². The minimum Gasteiger partial charge on any atom is -0.496 e. The number of nitrogens with one attached hydrogen (secondary N) is 2. The van der Waals surface area contributed by atoms with Crippen LogP contribution in [-0.2, 0) is 13.1 Å². The van der Waals surface area contributed by atoms with E-state index in [0.717, 1.165) is 23.5 Å².